The number of nitrogens with zero attached hydrogens (tertiary/aromatic N) is 1. The van der Waals surface area contributed by atoms with E-state index in [9.17, 15) is 18.4 Å². The maximum atomic E-state index is 14.2. The minimum atomic E-state index is -1.29. The molecule has 1 amide bonds. The standard InChI is InChI=1S/C17H16F2N2O2/c1-17(2,3)16(23)21-12-5-4-11(18)14(19)13(12)15(22)10-6-8-20-9-7-10/h4-9H,1-3H3,(H,21,23). The van der Waals surface area contributed by atoms with E-state index in [-0.39, 0.29) is 11.3 Å². The highest BCUT2D eigenvalue weighted by Crippen LogP contribution is 2.26. The molecule has 0 unspecified atom stereocenters. The molecule has 0 aliphatic carbocycles. The second-order valence-corrected chi connectivity index (χ2v) is 6.05. The van der Waals surface area contributed by atoms with Crippen LogP contribution in [0.15, 0.2) is 36.7 Å². The third kappa shape index (κ3) is 3.59. The number of anilines is 1. The van der Waals surface area contributed by atoms with Crippen LogP contribution in [0, 0.1) is 17.0 Å². The minimum absolute atomic E-state index is 0.0642. The van der Waals surface area contributed by atoms with E-state index in [1.54, 1.807) is 20.8 Å². The Kier molecular flexibility index (Phi) is 4.54. The van der Waals surface area contributed by atoms with Gasteiger partial charge in [-0.05, 0) is 24.3 Å². The summed E-state index contributed by atoms with van der Waals surface area (Å²) in [6.07, 6.45) is 2.75. The number of carbonyl (C=O) groups is 2. The Labute approximate surface area is 132 Å². The Morgan fingerprint density at radius 1 is 1.04 bits per heavy atom. The Bertz CT molecular complexity index is 753. The Morgan fingerprint density at radius 3 is 2.22 bits per heavy atom. The Balaban J connectivity index is 2.51. The molecule has 0 fully saturated rings. The van der Waals surface area contributed by atoms with Crippen molar-refractivity contribution in [3.05, 3.63) is 59.4 Å². The van der Waals surface area contributed by atoms with Gasteiger partial charge in [-0.15, -0.1) is 0 Å². The largest absolute Gasteiger partial charge is 0.325 e. The summed E-state index contributed by atoms with van der Waals surface area (Å²) >= 11 is 0. The number of rotatable bonds is 3. The molecule has 1 N–H and O–H groups in total. The van der Waals surface area contributed by atoms with Crippen molar-refractivity contribution < 1.29 is 18.4 Å². The van der Waals surface area contributed by atoms with E-state index in [1.807, 2.05) is 0 Å². The highest BCUT2D eigenvalue weighted by atomic mass is 19.2. The van der Waals surface area contributed by atoms with Crippen molar-refractivity contribution in [1.82, 2.24) is 4.98 Å². The van der Waals surface area contributed by atoms with E-state index in [1.165, 1.54) is 30.6 Å². The van der Waals surface area contributed by atoms with Gasteiger partial charge in [-0.3, -0.25) is 14.6 Å². The zero-order valence-corrected chi connectivity index (χ0v) is 13.0. The second kappa shape index (κ2) is 6.24. The normalized spacial score (nSPS) is 11.2. The zero-order valence-electron chi connectivity index (χ0n) is 13.0. The first-order chi connectivity index (χ1) is 10.7. The summed E-state index contributed by atoms with van der Waals surface area (Å²) in [5, 5.41) is 2.49. The first-order valence-corrected chi connectivity index (χ1v) is 6.96. The first-order valence-electron chi connectivity index (χ1n) is 6.96. The van der Waals surface area contributed by atoms with Gasteiger partial charge >= 0.3 is 0 Å². The molecular weight excluding hydrogens is 302 g/mol. The molecule has 0 bridgehead atoms. The molecule has 1 aromatic carbocycles. The molecule has 0 atom stereocenters. The van der Waals surface area contributed by atoms with Gasteiger partial charge in [0.25, 0.3) is 0 Å². The van der Waals surface area contributed by atoms with Gasteiger partial charge in [-0.2, -0.15) is 0 Å². The van der Waals surface area contributed by atoms with E-state index in [0.29, 0.717) is 0 Å². The smallest absolute Gasteiger partial charge is 0.229 e. The van der Waals surface area contributed by atoms with Crippen LogP contribution in [-0.4, -0.2) is 16.7 Å². The molecule has 0 radical (unpaired) electrons. The molecular formula is C17H16F2N2O2. The fourth-order valence-electron chi connectivity index (χ4n) is 1.83. The summed E-state index contributed by atoms with van der Waals surface area (Å²) in [5.74, 6) is -3.59. The predicted octanol–water partition coefficient (Wildman–Crippen LogP) is 3.58. The van der Waals surface area contributed by atoms with Crippen LogP contribution in [0.3, 0.4) is 0 Å². The van der Waals surface area contributed by atoms with Gasteiger partial charge in [0.2, 0.25) is 5.91 Å². The molecule has 6 heteroatoms. The van der Waals surface area contributed by atoms with Crippen LogP contribution < -0.4 is 5.32 Å². The molecule has 1 aromatic heterocycles. The predicted molar refractivity (Wildman–Crippen MR) is 82.1 cm³/mol. The fraction of sp³-hybridized carbons (Fsp3) is 0.235. The lowest BCUT2D eigenvalue weighted by Crippen LogP contribution is -2.28. The van der Waals surface area contributed by atoms with Crippen molar-refractivity contribution in [1.29, 1.82) is 0 Å². The SMILES string of the molecule is CC(C)(C)C(=O)Nc1ccc(F)c(F)c1C(=O)c1ccncc1. The van der Waals surface area contributed by atoms with E-state index < -0.39 is 34.3 Å². The molecule has 4 nitrogen and oxygen atoms in total. The van der Waals surface area contributed by atoms with Crippen LogP contribution >= 0.6 is 0 Å². The van der Waals surface area contributed by atoms with Crippen LogP contribution in [-0.2, 0) is 4.79 Å². The number of halogens is 2. The number of ketones is 1. The van der Waals surface area contributed by atoms with Gasteiger partial charge in [-0.1, -0.05) is 20.8 Å². The average Bonchev–Trinajstić information content (AvgIpc) is 2.50. The molecule has 120 valence electrons. The van der Waals surface area contributed by atoms with E-state index in [0.717, 1.165) is 6.07 Å². The number of nitrogens with one attached hydrogen (secondary N) is 1. The van der Waals surface area contributed by atoms with Gasteiger partial charge in [0.15, 0.2) is 17.4 Å². The van der Waals surface area contributed by atoms with Crippen molar-refractivity contribution in [3.8, 4) is 0 Å². The van der Waals surface area contributed by atoms with E-state index in [2.05, 4.69) is 10.3 Å². The summed E-state index contributed by atoms with van der Waals surface area (Å²) in [6, 6.07) is 4.83. The molecule has 0 saturated carbocycles. The van der Waals surface area contributed by atoms with Crippen LogP contribution in [0.5, 0.6) is 0 Å². The quantitative estimate of drug-likeness (QED) is 0.880. The van der Waals surface area contributed by atoms with E-state index in [4.69, 9.17) is 0 Å². The lowest BCUT2D eigenvalue weighted by molar-refractivity contribution is -0.123. The van der Waals surface area contributed by atoms with Gasteiger partial charge in [0.1, 0.15) is 0 Å². The fourth-order valence-corrected chi connectivity index (χ4v) is 1.83. The second-order valence-electron chi connectivity index (χ2n) is 6.05. The van der Waals surface area contributed by atoms with Gasteiger partial charge in [0.05, 0.1) is 11.3 Å². The number of benzene rings is 1. The zero-order chi connectivity index (χ0) is 17.2. The number of carbonyl (C=O) groups excluding carboxylic acids is 2. The summed E-state index contributed by atoms with van der Waals surface area (Å²) in [4.78, 5) is 28.4. The van der Waals surface area contributed by atoms with Crippen molar-refractivity contribution >= 4 is 17.4 Å². The third-order valence-electron chi connectivity index (χ3n) is 3.19. The number of aromatic nitrogens is 1. The molecule has 0 aliphatic heterocycles. The lowest BCUT2D eigenvalue weighted by Gasteiger charge is -2.19. The number of hydrogen-bond donors (Lipinski definition) is 1. The van der Waals surface area contributed by atoms with Crippen LogP contribution in [0.1, 0.15) is 36.7 Å². The Morgan fingerprint density at radius 2 is 1.65 bits per heavy atom. The molecule has 0 saturated heterocycles. The third-order valence-corrected chi connectivity index (χ3v) is 3.19. The van der Waals surface area contributed by atoms with Gasteiger partial charge < -0.3 is 5.32 Å². The monoisotopic (exact) mass is 318 g/mol. The molecule has 23 heavy (non-hydrogen) atoms. The van der Waals surface area contributed by atoms with Crippen LogP contribution in [0.25, 0.3) is 0 Å². The highest BCUT2D eigenvalue weighted by Gasteiger charge is 2.26. The molecule has 2 rings (SSSR count). The summed E-state index contributed by atoms with van der Waals surface area (Å²) < 4.78 is 27.7. The number of amides is 1. The van der Waals surface area contributed by atoms with Gasteiger partial charge in [-0.25, -0.2) is 8.78 Å². The minimum Gasteiger partial charge on any atom is -0.325 e. The maximum Gasteiger partial charge on any atom is 0.229 e. The summed E-state index contributed by atoms with van der Waals surface area (Å²) in [5.41, 5.74) is -1.17. The molecule has 2 aromatic rings. The van der Waals surface area contributed by atoms with Crippen LogP contribution in [0.2, 0.25) is 0 Å². The number of hydrogen-bond acceptors (Lipinski definition) is 3. The van der Waals surface area contributed by atoms with Gasteiger partial charge in [0, 0.05) is 23.4 Å². The van der Waals surface area contributed by atoms with Crippen molar-refractivity contribution in [2.75, 3.05) is 5.32 Å². The average molecular weight is 318 g/mol. The van der Waals surface area contributed by atoms with Crippen molar-refractivity contribution in [2.24, 2.45) is 5.41 Å². The van der Waals surface area contributed by atoms with Crippen molar-refractivity contribution in [3.63, 3.8) is 0 Å². The van der Waals surface area contributed by atoms with Crippen LogP contribution in [0.4, 0.5) is 14.5 Å². The lowest BCUT2D eigenvalue weighted by atomic mass is 9.94. The number of pyridine rings is 1. The maximum absolute atomic E-state index is 14.2. The topological polar surface area (TPSA) is 59.1 Å². The van der Waals surface area contributed by atoms with E-state index >= 15 is 0 Å². The molecule has 0 aliphatic rings. The Hall–Kier alpha value is -2.63. The molecule has 1 heterocycles. The molecule has 0 spiro atoms. The highest BCUT2D eigenvalue weighted by molar-refractivity contribution is 6.14. The van der Waals surface area contributed by atoms with Crippen molar-refractivity contribution in [2.45, 2.75) is 20.8 Å². The summed E-state index contributed by atoms with van der Waals surface area (Å²) in [6.45, 7) is 5.02. The summed E-state index contributed by atoms with van der Waals surface area (Å²) in [7, 11) is 0. The first kappa shape index (κ1) is 16.7.